The molecule has 7 heteroatoms. The minimum Gasteiger partial charge on any atom is -0.326 e. The molecule has 0 atom stereocenters. The highest BCUT2D eigenvalue weighted by Gasteiger charge is 2.36. The first-order chi connectivity index (χ1) is 15.6. The van der Waals surface area contributed by atoms with Gasteiger partial charge in [-0.3, -0.25) is 14.4 Å². The van der Waals surface area contributed by atoms with Crippen LogP contribution in [0.15, 0.2) is 72.8 Å². The van der Waals surface area contributed by atoms with Crippen LogP contribution in [-0.2, 0) is 11.2 Å². The van der Waals surface area contributed by atoms with Gasteiger partial charge in [0.15, 0.2) is 0 Å². The number of nitrogens with zero attached hydrogens (tertiary/aromatic N) is 2. The maximum absolute atomic E-state index is 12.7. The van der Waals surface area contributed by atoms with E-state index in [0.29, 0.717) is 35.3 Å². The number of thiazole rings is 1. The molecule has 4 aromatic rings. The molecule has 1 aliphatic rings. The van der Waals surface area contributed by atoms with Crippen molar-refractivity contribution in [3.63, 3.8) is 0 Å². The van der Waals surface area contributed by atoms with Crippen LogP contribution < -0.4 is 10.2 Å². The van der Waals surface area contributed by atoms with Crippen LogP contribution in [0.2, 0.25) is 0 Å². The number of carbonyl (C=O) groups excluding carboxylic acids is 3. The van der Waals surface area contributed by atoms with Gasteiger partial charge in [0.1, 0.15) is 0 Å². The van der Waals surface area contributed by atoms with Crippen LogP contribution in [0.4, 0.5) is 11.4 Å². The van der Waals surface area contributed by atoms with Crippen LogP contribution in [0.3, 0.4) is 0 Å². The first-order valence-corrected chi connectivity index (χ1v) is 11.1. The fraction of sp³-hybridized carbons (Fsp3) is 0.120. The van der Waals surface area contributed by atoms with Crippen LogP contribution in [0, 0.1) is 0 Å². The maximum atomic E-state index is 12.7. The second-order valence-corrected chi connectivity index (χ2v) is 8.63. The Morgan fingerprint density at radius 1 is 0.906 bits per heavy atom. The number of hydrogen-bond acceptors (Lipinski definition) is 5. The maximum Gasteiger partial charge on any atom is 0.266 e. The zero-order valence-corrected chi connectivity index (χ0v) is 17.9. The van der Waals surface area contributed by atoms with Gasteiger partial charge in [-0.25, -0.2) is 9.88 Å². The number of anilines is 2. The molecule has 0 spiro atoms. The molecule has 1 aromatic heterocycles. The quantitative estimate of drug-likeness (QED) is 0.424. The molecule has 2 heterocycles. The summed E-state index contributed by atoms with van der Waals surface area (Å²) in [6.45, 7) is 0. The highest BCUT2D eigenvalue weighted by molar-refractivity contribution is 7.18. The van der Waals surface area contributed by atoms with Crippen molar-refractivity contribution in [1.29, 1.82) is 0 Å². The first kappa shape index (κ1) is 20.1. The Morgan fingerprint density at radius 3 is 2.38 bits per heavy atom. The van der Waals surface area contributed by atoms with E-state index in [1.807, 2.05) is 24.3 Å². The van der Waals surface area contributed by atoms with Crippen molar-refractivity contribution in [3.8, 4) is 0 Å². The molecule has 1 N–H and O–H groups in total. The van der Waals surface area contributed by atoms with Crippen molar-refractivity contribution in [1.82, 2.24) is 4.98 Å². The molecule has 0 fully saturated rings. The van der Waals surface area contributed by atoms with Crippen molar-refractivity contribution in [2.75, 3.05) is 10.2 Å². The number of hydrogen-bond donors (Lipinski definition) is 1. The number of benzene rings is 3. The molecule has 5 rings (SSSR count). The first-order valence-electron chi connectivity index (χ1n) is 10.3. The molecule has 32 heavy (non-hydrogen) atoms. The van der Waals surface area contributed by atoms with E-state index in [4.69, 9.17) is 0 Å². The zero-order valence-electron chi connectivity index (χ0n) is 17.1. The lowest BCUT2D eigenvalue weighted by Gasteiger charge is -2.15. The smallest absolute Gasteiger partial charge is 0.266 e. The Balaban J connectivity index is 1.22. The number of amides is 3. The molecular weight excluding hydrogens is 422 g/mol. The topological polar surface area (TPSA) is 79.4 Å². The predicted molar refractivity (Wildman–Crippen MR) is 125 cm³/mol. The molecule has 1 aliphatic heterocycles. The van der Waals surface area contributed by atoms with Gasteiger partial charge in [0.2, 0.25) is 5.91 Å². The molecule has 0 unspecified atom stereocenters. The van der Waals surface area contributed by atoms with Crippen LogP contribution in [-0.4, -0.2) is 22.7 Å². The number of carbonyl (C=O) groups is 3. The largest absolute Gasteiger partial charge is 0.326 e. The lowest BCUT2D eigenvalue weighted by molar-refractivity contribution is -0.116. The fourth-order valence-corrected chi connectivity index (χ4v) is 4.81. The highest BCUT2D eigenvalue weighted by atomic mass is 32.1. The number of fused-ring (bicyclic) bond motifs is 2. The summed E-state index contributed by atoms with van der Waals surface area (Å²) in [5, 5.41) is 3.88. The zero-order chi connectivity index (χ0) is 22.1. The summed E-state index contributed by atoms with van der Waals surface area (Å²) in [5.74, 6) is -0.833. The van der Waals surface area contributed by atoms with E-state index >= 15 is 0 Å². The lowest BCUT2D eigenvalue weighted by atomic mass is 10.1. The molecule has 6 nitrogen and oxygen atoms in total. The highest BCUT2D eigenvalue weighted by Crippen LogP contribution is 2.30. The molecule has 0 bridgehead atoms. The molecular formula is C25H19N3O3S. The van der Waals surface area contributed by atoms with Crippen molar-refractivity contribution < 1.29 is 14.4 Å². The van der Waals surface area contributed by atoms with E-state index in [0.717, 1.165) is 26.5 Å². The van der Waals surface area contributed by atoms with Crippen LogP contribution in [0.1, 0.15) is 38.6 Å². The molecule has 0 radical (unpaired) electrons. The number of aromatic nitrogens is 1. The Morgan fingerprint density at radius 2 is 1.62 bits per heavy atom. The standard InChI is InChI=1S/C25H19N3O3S/c29-22(13-6-14-23-27-20-11-3-4-12-21(20)32-23)26-16-7-5-8-17(15-16)28-24(30)18-9-1-2-10-19(18)25(28)31/h1-5,7-12,15H,6,13-14H2,(H,26,29). The van der Waals surface area contributed by atoms with Gasteiger partial charge in [0.05, 0.1) is 32.0 Å². The average molecular weight is 442 g/mol. The van der Waals surface area contributed by atoms with Gasteiger partial charge in [-0.1, -0.05) is 30.3 Å². The van der Waals surface area contributed by atoms with Gasteiger partial charge in [0.25, 0.3) is 11.8 Å². The number of aryl methyl sites for hydroxylation is 1. The second kappa shape index (κ2) is 8.36. The van der Waals surface area contributed by atoms with E-state index in [1.54, 1.807) is 59.9 Å². The van der Waals surface area contributed by atoms with Crippen LogP contribution in [0.25, 0.3) is 10.2 Å². The van der Waals surface area contributed by atoms with Crippen LogP contribution in [0.5, 0.6) is 0 Å². The van der Waals surface area contributed by atoms with Gasteiger partial charge in [-0.05, 0) is 55.3 Å². The van der Waals surface area contributed by atoms with Crippen molar-refractivity contribution >= 4 is 50.6 Å². The minimum absolute atomic E-state index is 0.120. The van der Waals surface area contributed by atoms with Crippen LogP contribution >= 0.6 is 11.3 Å². The Hall–Kier alpha value is -3.84. The SMILES string of the molecule is O=C(CCCc1nc2ccccc2s1)Nc1cccc(N2C(=O)c3ccccc3C2=O)c1. The third kappa shape index (κ3) is 3.78. The Labute approximate surface area is 188 Å². The van der Waals surface area contributed by atoms with Gasteiger partial charge in [0, 0.05) is 12.1 Å². The van der Waals surface area contributed by atoms with Gasteiger partial charge < -0.3 is 5.32 Å². The third-order valence-corrected chi connectivity index (χ3v) is 6.41. The summed E-state index contributed by atoms with van der Waals surface area (Å²) >= 11 is 1.65. The number of nitrogens with one attached hydrogen (secondary N) is 1. The van der Waals surface area contributed by atoms with Crippen molar-refractivity contribution in [3.05, 3.63) is 88.9 Å². The molecule has 158 valence electrons. The summed E-state index contributed by atoms with van der Waals surface area (Å²) in [7, 11) is 0. The number of imide groups is 1. The Bertz CT molecular complexity index is 1290. The summed E-state index contributed by atoms with van der Waals surface area (Å²) in [5.41, 5.74) is 2.75. The van der Waals surface area contributed by atoms with Gasteiger partial charge >= 0.3 is 0 Å². The molecule has 0 aliphatic carbocycles. The van der Waals surface area contributed by atoms with E-state index in [1.165, 1.54) is 0 Å². The summed E-state index contributed by atoms with van der Waals surface area (Å²) < 4.78 is 1.15. The van der Waals surface area contributed by atoms with E-state index in [9.17, 15) is 14.4 Å². The minimum atomic E-state index is -0.357. The third-order valence-electron chi connectivity index (χ3n) is 5.31. The predicted octanol–water partition coefficient (Wildman–Crippen LogP) is 5.06. The number of para-hydroxylation sites is 1. The van der Waals surface area contributed by atoms with Crippen molar-refractivity contribution in [2.24, 2.45) is 0 Å². The second-order valence-electron chi connectivity index (χ2n) is 7.52. The lowest BCUT2D eigenvalue weighted by Crippen LogP contribution is -2.29. The van der Waals surface area contributed by atoms with E-state index in [2.05, 4.69) is 10.3 Å². The van der Waals surface area contributed by atoms with Crippen molar-refractivity contribution in [2.45, 2.75) is 19.3 Å². The average Bonchev–Trinajstić information content (AvgIpc) is 3.32. The molecule has 0 saturated heterocycles. The van der Waals surface area contributed by atoms with Gasteiger partial charge in [-0.15, -0.1) is 11.3 Å². The molecule has 3 aromatic carbocycles. The van der Waals surface area contributed by atoms with Gasteiger partial charge in [-0.2, -0.15) is 0 Å². The summed E-state index contributed by atoms with van der Waals surface area (Å²) in [6.07, 6.45) is 1.78. The van der Waals surface area contributed by atoms with E-state index in [-0.39, 0.29) is 17.7 Å². The summed E-state index contributed by atoms with van der Waals surface area (Å²) in [4.78, 5) is 43.6. The normalized spacial score (nSPS) is 12.9. The Kier molecular flexibility index (Phi) is 5.25. The summed E-state index contributed by atoms with van der Waals surface area (Å²) in [6, 6.07) is 21.5. The van der Waals surface area contributed by atoms with E-state index < -0.39 is 0 Å². The monoisotopic (exact) mass is 441 g/mol. The molecule has 0 saturated carbocycles. The fourth-order valence-electron chi connectivity index (χ4n) is 3.80. The number of rotatable bonds is 6. The molecule has 3 amide bonds.